The van der Waals surface area contributed by atoms with Gasteiger partial charge in [-0.25, -0.2) is 4.98 Å². The molecule has 0 aliphatic heterocycles. The van der Waals surface area contributed by atoms with Crippen molar-refractivity contribution >= 4 is 32.9 Å². The fourth-order valence-electron chi connectivity index (χ4n) is 1.07. The zero-order valence-corrected chi connectivity index (χ0v) is 7.25. The second kappa shape index (κ2) is 2.67. The lowest BCUT2D eigenvalue weighted by Crippen LogP contribution is -1.94. The summed E-state index contributed by atoms with van der Waals surface area (Å²) in [6, 6.07) is 2.96. The molecule has 13 heavy (non-hydrogen) atoms. The predicted octanol–water partition coefficient (Wildman–Crippen LogP) is 1.79. The van der Waals surface area contributed by atoms with Gasteiger partial charge in [0.2, 0.25) is 0 Å². The van der Waals surface area contributed by atoms with Crippen molar-refractivity contribution in [3.05, 3.63) is 27.8 Å². The first kappa shape index (κ1) is 7.93. The maximum absolute atomic E-state index is 10.5. The van der Waals surface area contributed by atoms with Crippen molar-refractivity contribution < 1.29 is 4.92 Å². The predicted molar refractivity (Wildman–Crippen MR) is 50.7 cm³/mol. The topological polar surface area (TPSA) is 82.0 Å². The Morgan fingerprint density at radius 1 is 1.54 bits per heavy atom. The Morgan fingerprint density at radius 2 is 2.31 bits per heavy atom. The van der Waals surface area contributed by atoms with Crippen LogP contribution >= 0.6 is 11.3 Å². The molecule has 0 amide bonds. The van der Waals surface area contributed by atoms with Crippen LogP contribution in [0.25, 0.3) is 10.2 Å². The van der Waals surface area contributed by atoms with Crippen molar-refractivity contribution in [1.29, 1.82) is 0 Å². The van der Waals surface area contributed by atoms with Crippen LogP contribution in [0, 0.1) is 10.1 Å². The Kier molecular flexibility index (Phi) is 1.63. The number of nitrogen functional groups attached to an aromatic ring is 1. The fourth-order valence-corrected chi connectivity index (χ4v) is 1.76. The highest BCUT2D eigenvalue weighted by atomic mass is 32.1. The van der Waals surface area contributed by atoms with Crippen molar-refractivity contribution in [2.75, 3.05) is 5.73 Å². The molecule has 2 N–H and O–H groups in total. The van der Waals surface area contributed by atoms with E-state index in [4.69, 9.17) is 5.73 Å². The van der Waals surface area contributed by atoms with Crippen molar-refractivity contribution in [2.45, 2.75) is 0 Å². The van der Waals surface area contributed by atoms with Gasteiger partial charge in [0.15, 0.2) is 0 Å². The zero-order chi connectivity index (χ0) is 9.42. The van der Waals surface area contributed by atoms with Crippen LogP contribution in [-0.4, -0.2) is 9.91 Å². The number of anilines is 1. The van der Waals surface area contributed by atoms with E-state index in [9.17, 15) is 10.1 Å². The largest absolute Gasteiger partial charge is 0.393 e. The van der Waals surface area contributed by atoms with Crippen molar-refractivity contribution in [1.82, 2.24) is 4.98 Å². The van der Waals surface area contributed by atoms with Crippen LogP contribution < -0.4 is 5.73 Å². The molecule has 0 saturated heterocycles. The molecule has 0 aliphatic carbocycles. The number of hydrogen-bond acceptors (Lipinski definition) is 5. The molecule has 1 heterocycles. The van der Waals surface area contributed by atoms with Crippen LogP contribution in [0.2, 0.25) is 0 Å². The number of fused-ring (bicyclic) bond motifs is 1. The standard InChI is InChI=1S/C7H5N3O2S/c8-4-1-5-7(13-3-9-5)2-6(4)10(11)12/h1-3H,8H2. The lowest BCUT2D eigenvalue weighted by molar-refractivity contribution is -0.383. The number of nitro benzene ring substituents is 1. The van der Waals surface area contributed by atoms with Crippen LogP contribution in [0.5, 0.6) is 0 Å². The third-order valence-corrected chi connectivity index (χ3v) is 2.47. The lowest BCUT2D eigenvalue weighted by atomic mass is 10.2. The average molecular weight is 195 g/mol. The summed E-state index contributed by atoms with van der Waals surface area (Å²) in [5.74, 6) is 0. The molecule has 66 valence electrons. The third kappa shape index (κ3) is 1.20. The van der Waals surface area contributed by atoms with Gasteiger partial charge < -0.3 is 5.73 Å². The summed E-state index contributed by atoms with van der Waals surface area (Å²) < 4.78 is 0.779. The number of rotatable bonds is 1. The highest BCUT2D eigenvalue weighted by molar-refractivity contribution is 7.16. The summed E-state index contributed by atoms with van der Waals surface area (Å²) in [5, 5.41) is 10.5. The molecule has 0 saturated carbocycles. The van der Waals surface area contributed by atoms with E-state index < -0.39 is 4.92 Å². The highest BCUT2D eigenvalue weighted by Crippen LogP contribution is 2.29. The number of nitro groups is 1. The van der Waals surface area contributed by atoms with Gasteiger partial charge in [-0.2, -0.15) is 0 Å². The molecule has 1 aromatic heterocycles. The smallest absolute Gasteiger partial charge is 0.293 e. The van der Waals surface area contributed by atoms with Crippen LogP contribution in [0.4, 0.5) is 11.4 Å². The van der Waals surface area contributed by atoms with Crippen LogP contribution in [0.1, 0.15) is 0 Å². The van der Waals surface area contributed by atoms with Crippen molar-refractivity contribution in [2.24, 2.45) is 0 Å². The highest BCUT2D eigenvalue weighted by Gasteiger charge is 2.13. The summed E-state index contributed by atoms with van der Waals surface area (Å²) in [6.45, 7) is 0. The normalized spacial score (nSPS) is 10.5. The maximum Gasteiger partial charge on any atom is 0.293 e. The van der Waals surface area contributed by atoms with Gasteiger partial charge in [-0.3, -0.25) is 10.1 Å². The first-order chi connectivity index (χ1) is 6.18. The monoisotopic (exact) mass is 195 g/mol. The second-order valence-corrected chi connectivity index (χ2v) is 3.37. The number of nitrogens with zero attached hydrogens (tertiary/aromatic N) is 2. The molecule has 0 bridgehead atoms. The molecule has 5 nitrogen and oxygen atoms in total. The number of thiazole rings is 1. The first-order valence-electron chi connectivity index (χ1n) is 3.45. The van der Waals surface area contributed by atoms with E-state index in [-0.39, 0.29) is 11.4 Å². The van der Waals surface area contributed by atoms with E-state index >= 15 is 0 Å². The van der Waals surface area contributed by atoms with Crippen molar-refractivity contribution in [3.63, 3.8) is 0 Å². The molecular weight excluding hydrogens is 190 g/mol. The van der Waals surface area contributed by atoms with Gasteiger partial charge >= 0.3 is 0 Å². The minimum atomic E-state index is -0.492. The molecule has 0 spiro atoms. The molecule has 0 fully saturated rings. The van der Waals surface area contributed by atoms with Crippen LogP contribution in [-0.2, 0) is 0 Å². The van der Waals surface area contributed by atoms with E-state index in [0.717, 1.165) is 4.70 Å². The molecule has 1 aromatic carbocycles. The molecule has 2 aromatic rings. The summed E-state index contributed by atoms with van der Waals surface area (Å²) in [4.78, 5) is 14.0. The van der Waals surface area contributed by atoms with E-state index in [1.54, 1.807) is 5.51 Å². The quantitative estimate of drug-likeness (QED) is 0.427. The number of nitrogens with two attached hydrogens (primary N) is 1. The Balaban J connectivity index is 2.76. The van der Waals surface area contributed by atoms with Gasteiger partial charge in [0, 0.05) is 6.07 Å². The molecule has 6 heteroatoms. The maximum atomic E-state index is 10.5. The molecule has 0 unspecified atom stereocenters. The van der Waals surface area contributed by atoms with Gasteiger partial charge in [-0.05, 0) is 6.07 Å². The van der Waals surface area contributed by atoms with E-state index in [0.29, 0.717) is 5.52 Å². The Morgan fingerprint density at radius 3 is 3.00 bits per heavy atom. The van der Waals surface area contributed by atoms with Gasteiger partial charge in [-0.15, -0.1) is 11.3 Å². The number of hydrogen-bond donors (Lipinski definition) is 1. The summed E-state index contributed by atoms with van der Waals surface area (Å²) in [5.41, 5.74) is 7.90. The molecular formula is C7H5N3O2S. The van der Waals surface area contributed by atoms with Gasteiger partial charge in [0.05, 0.1) is 20.7 Å². The van der Waals surface area contributed by atoms with E-state index in [2.05, 4.69) is 4.98 Å². The Hall–Kier alpha value is -1.69. The summed E-state index contributed by atoms with van der Waals surface area (Å²) in [7, 11) is 0. The van der Waals surface area contributed by atoms with Crippen LogP contribution in [0.15, 0.2) is 17.6 Å². The fraction of sp³-hybridized carbons (Fsp3) is 0. The minimum absolute atomic E-state index is 0.0586. The second-order valence-electron chi connectivity index (χ2n) is 2.49. The van der Waals surface area contributed by atoms with Crippen molar-refractivity contribution in [3.8, 4) is 0 Å². The SMILES string of the molecule is Nc1cc2ncsc2cc1[N+](=O)[O-]. The molecule has 2 rings (SSSR count). The lowest BCUT2D eigenvalue weighted by Gasteiger charge is -1.95. The van der Waals surface area contributed by atoms with E-state index in [1.165, 1.54) is 23.5 Å². The zero-order valence-electron chi connectivity index (χ0n) is 6.43. The summed E-state index contributed by atoms with van der Waals surface area (Å²) in [6.07, 6.45) is 0. The van der Waals surface area contributed by atoms with Crippen LogP contribution in [0.3, 0.4) is 0 Å². The molecule has 0 aliphatic rings. The Labute approximate surface area is 77.0 Å². The molecule has 0 radical (unpaired) electrons. The minimum Gasteiger partial charge on any atom is -0.393 e. The third-order valence-electron chi connectivity index (χ3n) is 1.68. The van der Waals surface area contributed by atoms with E-state index in [1.807, 2.05) is 0 Å². The average Bonchev–Trinajstić information content (AvgIpc) is 2.48. The Bertz CT molecular complexity index is 480. The van der Waals surface area contributed by atoms with Gasteiger partial charge in [0.25, 0.3) is 5.69 Å². The first-order valence-corrected chi connectivity index (χ1v) is 4.33. The number of benzene rings is 1. The summed E-state index contributed by atoms with van der Waals surface area (Å²) >= 11 is 1.36. The van der Waals surface area contributed by atoms with Gasteiger partial charge in [-0.1, -0.05) is 0 Å². The van der Waals surface area contributed by atoms with Gasteiger partial charge in [0.1, 0.15) is 5.69 Å². The molecule has 0 atom stereocenters. The number of aromatic nitrogens is 1.